The molecule has 1 aromatic rings. The van der Waals surface area contributed by atoms with Crippen LogP contribution in [-0.4, -0.2) is 6.04 Å². The molecule has 2 rings (SSSR count). The van der Waals surface area contributed by atoms with Gasteiger partial charge in [-0.25, -0.2) is 4.39 Å². The van der Waals surface area contributed by atoms with Gasteiger partial charge in [0.15, 0.2) is 0 Å². The van der Waals surface area contributed by atoms with Crippen molar-refractivity contribution in [2.75, 3.05) is 0 Å². The second-order valence-corrected chi connectivity index (χ2v) is 7.24. The lowest BCUT2D eigenvalue weighted by molar-refractivity contribution is 0.337. The van der Waals surface area contributed by atoms with Crippen molar-refractivity contribution < 1.29 is 4.39 Å². The number of halogens is 2. The van der Waals surface area contributed by atoms with Crippen LogP contribution >= 0.6 is 15.9 Å². The van der Waals surface area contributed by atoms with Crippen molar-refractivity contribution in [3.8, 4) is 0 Å². The van der Waals surface area contributed by atoms with Crippen molar-refractivity contribution in [2.45, 2.75) is 58.5 Å². The highest BCUT2D eigenvalue weighted by Crippen LogP contribution is 2.29. The summed E-state index contributed by atoms with van der Waals surface area (Å²) in [7, 11) is 0. The number of benzene rings is 1. The maximum atomic E-state index is 13.7. The first-order valence-electron chi connectivity index (χ1n) is 7.73. The zero-order valence-corrected chi connectivity index (χ0v) is 14.0. The molecule has 0 heterocycles. The standard InChI is InChI=1S/C17H25BrFN/c1-12(2)13-4-3-5-16(8-6-13)20-11-14-10-15(18)7-9-17(14)19/h7,9-10,12-13,16,20H,3-6,8,11H2,1-2H3. The lowest BCUT2D eigenvalue weighted by atomic mass is 9.89. The van der Waals surface area contributed by atoms with Gasteiger partial charge in [-0.3, -0.25) is 0 Å². The summed E-state index contributed by atoms with van der Waals surface area (Å²) in [4.78, 5) is 0. The van der Waals surface area contributed by atoms with Crippen molar-refractivity contribution >= 4 is 15.9 Å². The van der Waals surface area contributed by atoms with E-state index in [1.54, 1.807) is 6.07 Å². The Morgan fingerprint density at radius 3 is 2.80 bits per heavy atom. The first-order valence-corrected chi connectivity index (χ1v) is 8.53. The molecule has 0 bridgehead atoms. The molecule has 1 aliphatic carbocycles. The van der Waals surface area contributed by atoms with E-state index in [2.05, 4.69) is 35.1 Å². The predicted molar refractivity (Wildman–Crippen MR) is 86.1 cm³/mol. The highest BCUT2D eigenvalue weighted by molar-refractivity contribution is 9.10. The summed E-state index contributed by atoms with van der Waals surface area (Å²) in [5.74, 6) is 1.54. The van der Waals surface area contributed by atoms with Crippen molar-refractivity contribution in [2.24, 2.45) is 11.8 Å². The molecule has 0 radical (unpaired) electrons. The molecule has 0 spiro atoms. The van der Waals surface area contributed by atoms with Gasteiger partial charge in [-0.2, -0.15) is 0 Å². The maximum absolute atomic E-state index is 13.7. The minimum Gasteiger partial charge on any atom is -0.310 e. The van der Waals surface area contributed by atoms with Gasteiger partial charge in [0.25, 0.3) is 0 Å². The van der Waals surface area contributed by atoms with E-state index in [0.717, 1.165) is 21.9 Å². The average molecular weight is 342 g/mol. The summed E-state index contributed by atoms with van der Waals surface area (Å²) >= 11 is 3.40. The van der Waals surface area contributed by atoms with Crippen molar-refractivity contribution in [1.82, 2.24) is 5.32 Å². The zero-order chi connectivity index (χ0) is 14.5. The lowest BCUT2D eigenvalue weighted by Gasteiger charge is -2.19. The van der Waals surface area contributed by atoms with Crippen LogP contribution in [0.4, 0.5) is 4.39 Å². The van der Waals surface area contributed by atoms with Gasteiger partial charge in [0.05, 0.1) is 0 Å². The summed E-state index contributed by atoms with van der Waals surface area (Å²) in [5, 5.41) is 3.54. The van der Waals surface area contributed by atoms with Crippen LogP contribution in [-0.2, 0) is 6.54 Å². The molecule has 2 atom stereocenters. The number of rotatable bonds is 4. The van der Waals surface area contributed by atoms with Crippen LogP contribution in [0.3, 0.4) is 0 Å². The smallest absolute Gasteiger partial charge is 0.127 e. The summed E-state index contributed by atoms with van der Waals surface area (Å²) in [6.45, 7) is 5.28. The Morgan fingerprint density at radius 2 is 2.05 bits per heavy atom. The second kappa shape index (κ2) is 7.56. The normalized spacial score (nSPS) is 23.9. The summed E-state index contributed by atoms with van der Waals surface area (Å²) in [6.07, 6.45) is 6.39. The van der Waals surface area contributed by atoms with Crippen molar-refractivity contribution in [3.05, 3.63) is 34.1 Å². The Labute approximate surface area is 130 Å². The minimum atomic E-state index is -0.116. The largest absolute Gasteiger partial charge is 0.310 e. The summed E-state index contributed by atoms with van der Waals surface area (Å²) in [5.41, 5.74) is 0.754. The van der Waals surface area contributed by atoms with Crippen LogP contribution in [0, 0.1) is 17.7 Å². The van der Waals surface area contributed by atoms with Crippen LogP contribution in [0.15, 0.2) is 22.7 Å². The Kier molecular flexibility index (Phi) is 6.03. The van der Waals surface area contributed by atoms with Crippen LogP contribution < -0.4 is 5.32 Å². The molecule has 0 amide bonds. The molecule has 20 heavy (non-hydrogen) atoms. The van der Waals surface area contributed by atoms with Gasteiger partial charge in [-0.15, -0.1) is 0 Å². The van der Waals surface area contributed by atoms with Gasteiger partial charge in [-0.1, -0.05) is 42.6 Å². The number of hydrogen-bond donors (Lipinski definition) is 1. The minimum absolute atomic E-state index is 0.116. The summed E-state index contributed by atoms with van der Waals surface area (Å²) < 4.78 is 14.7. The number of hydrogen-bond acceptors (Lipinski definition) is 1. The molecule has 0 saturated heterocycles. The van der Waals surface area contributed by atoms with Gasteiger partial charge in [0, 0.05) is 22.6 Å². The van der Waals surface area contributed by atoms with Crippen molar-refractivity contribution in [1.29, 1.82) is 0 Å². The fourth-order valence-corrected chi connectivity index (χ4v) is 3.54. The fraction of sp³-hybridized carbons (Fsp3) is 0.647. The van der Waals surface area contributed by atoms with E-state index in [-0.39, 0.29) is 5.82 Å². The molecule has 1 aromatic carbocycles. The highest BCUT2D eigenvalue weighted by Gasteiger charge is 2.20. The third kappa shape index (κ3) is 4.56. The van der Waals surface area contributed by atoms with E-state index in [4.69, 9.17) is 0 Å². The molecular formula is C17H25BrFN. The molecule has 1 nitrogen and oxygen atoms in total. The van der Waals surface area contributed by atoms with Crippen LogP contribution in [0.5, 0.6) is 0 Å². The SMILES string of the molecule is CC(C)C1CCCC(NCc2cc(Br)ccc2F)CC1. The molecule has 0 aliphatic heterocycles. The van der Waals surface area contributed by atoms with Gasteiger partial charge < -0.3 is 5.32 Å². The molecule has 1 saturated carbocycles. The Balaban J connectivity index is 1.86. The lowest BCUT2D eigenvalue weighted by Crippen LogP contribution is -2.28. The molecule has 1 N–H and O–H groups in total. The number of nitrogens with one attached hydrogen (secondary N) is 1. The van der Waals surface area contributed by atoms with Gasteiger partial charge in [-0.05, 0) is 49.3 Å². The van der Waals surface area contributed by atoms with E-state index in [0.29, 0.717) is 12.6 Å². The van der Waals surface area contributed by atoms with Crippen LogP contribution in [0.1, 0.15) is 51.5 Å². The van der Waals surface area contributed by atoms with E-state index < -0.39 is 0 Å². The highest BCUT2D eigenvalue weighted by atomic mass is 79.9. The van der Waals surface area contributed by atoms with E-state index in [1.807, 2.05) is 6.07 Å². The van der Waals surface area contributed by atoms with Crippen LogP contribution in [0.2, 0.25) is 0 Å². The maximum Gasteiger partial charge on any atom is 0.127 e. The summed E-state index contributed by atoms with van der Waals surface area (Å²) in [6, 6.07) is 5.69. The molecule has 0 aromatic heterocycles. The molecule has 3 heteroatoms. The van der Waals surface area contributed by atoms with E-state index >= 15 is 0 Å². The Morgan fingerprint density at radius 1 is 1.25 bits per heavy atom. The predicted octanol–water partition coefficient (Wildman–Crippen LogP) is 5.28. The molecule has 2 unspecified atom stereocenters. The van der Waals surface area contributed by atoms with E-state index in [1.165, 1.54) is 38.2 Å². The monoisotopic (exact) mass is 341 g/mol. The fourth-order valence-electron chi connectivity index (χ4n) is 3.13. The first kappa shape index (κ1) is 16.0. The quantitative estimate of drug-likeness (QED) is 0.734. The molecule has 112 valence electrons. The van der Waals surface area contributed by atoms with Crippen LogP contribution in [0.25, 0.3) is 0 Å². The van der Waals surface area contributed by atoms with Crippen molar-refractivity contribution in [3.63, 3.8) is 0 Å². The Bertz CT molecular complexity index is 433. The first-order chi connectivity index (χ1) is 9.56. The topological polar surface area (TPSA) is 12.0 Å². The van der Waals surface area contributed by atoms with Gasteiger partial charge >= 0.3 is 0 Å². The third-order valence-electron chi connectivity index (χ3n) is 4.55. The molecule has 1 fully saturated rings. The van der Waals surface area contributed by atoms with Gasteiger partial charge in [0.1, 0.15) is 5.82 Å². The molecule has 1 aliphatic rings. The average Bonchev–Trinajstić information content (AvgIpc) is 2.65. The zero-order valence-electron chi connectivity index (χ0n) is 12.5. The van der Waals surface area contributed by atoms with Gasteiger partial charge in [0.2, 0.25) is 0 Å². The Hall–Kier alpha value is -0.410. The third-order valence-corrected chi connectivity index (χ3v) is 5.04. The van der Waals surface area contributed by atoms with E-state index in [9.17, 15) is 4.39 Å². The molecular weight excluding hydrogens is 317 g/mol. The second-order valence-electron chi connectivity index (χ2n) is 6.33.